The molecular weight excluding hydrogens is 330 g/mol. The molecule has 1 aromatic carbocycles. The van der Waals surface area contributed by atoms with Gasteiger partial charge in [0.2, 0.25) is 5.75 Å². The second-order valence-electron chi connectivity index (χ2n) is 5.14. The van der Waals surface area contributed by atoms with E-state index in [2.05, 4.69) is 15.8 Å². The summed E-state index contributed by atoms with van der Waals surface area (Å²) in [5, 5.41) is 7.66. The van der Waals surface area contributed by atoms with Crippen LogP contribution in [0.1, 0.15) is 18.4 Å². The van der Waals surface area contributed by atoms with Crippen molar-refractivity contribution >= 4 is 23.5 Å². The largest absolute Gasteiger partial charge is 0.493 e. The summed E-state index contributed by atoms with van der Waals surface area (Å²) in [4.78, 5) is 0. The zero-order valence-electron chi connectivity index (χ0n) is 14.1. The molecule has 1 aliphatic heterocycles. The van der Waals surface area contributed by atoms with Crippen LogP contribution in [0.25, 0.3) is 0 Å². The van der Waals surface area contributed by atoms with E-state index in [-0.39, 0.29) is 6.10 Å². The molecule has 0 aromatic heterocycles. The van der Waals surface area contributed by atoms with Crippen molar-refractivity contribution in [3.8, 4) is 17.2 Å². The fraction of sp³-hybridized carbons (Fsp3) is 0.500. The molecule has 7 nitrogen and oxygen atoms in total. The Morgan fingerprint density at radius 2 is 2.08 bits per heavy atom. The molecular formula is C16H23N3O4S. The van der Waals surface area contributed by atoms with E-state index in [1.54, 1.807) is 33.6 Å². The summed E-state index contributed by atoms with van der Waals surface area (Å²) in [5.74, 6) is 1.65. The number of nitrogens with one attached hydrogen (secondary N) is 2. The van der Waals surface area contributed by atoms with Crippen molar-refractivity contribution in [3.05, 3.63) is 17.7 Å². The van der Waals surface area contributed by atoms with Gasteiger partial charge in [-0.25, -0.2) is 0 Å². The van der Waals surface area contributed by atoms with Crippen LogP contribution in [0, 0.1) is 0 Å². The molecule has 1 saturated heterocycles. The van der Waals surface area contributed by atoms with Crippen LogP contribution in [0.4, 0.5) is 0 Å². The Labute approximate surface area is 147 Å². The highest BCUT2D eigenvalue weighted by Crippen LogP contribution is 2.38. The molecule has 132 valence electrons. The maximum Gasteiger partial charge on any atom is 0.203 e. The molecule has 8 heteroatoms. The Bertz CT molecular complexity index is 589. The van der Waals surface area contributed by atoms with Gasteiger partial charge in [-0.3, -0.25) is 5.43 Å². The zero-order chi connectivity index (χ0) is 17.4. The number of thiocarbonyl (C=S) groups is 1. The number of ether oxygens (including phenoxy) is 4. The summed E-state index contributed by atoms with van der Waals surface area (Å²) < 4.78 is 21.5. The van der Waals surface area contributed by atoms with E-state index in [0.29, 0.717) is 28.9 Å². The van der Waals surface area contributed by atoms with E-state index in [4.69, 9.17) is 31.2 Å². The van der Waals surface area contributed by atoms with E-state index >= 15 is 0 Å². The quantitative estimate of drug-likeness (QED) is 0.439. The second kappa shape index (κ2) is 9.29. The Morgan fingerprint density at radius 1 is 1.29 bits per heavy atom. The van der Waals surface area contributed by atoms with Gasteiger partial charge in [0.1, 0.15) is 0 Å². The summed E-state index contributed by atoms with van der Waals surface area (Å²) in [5.41, 5.74) is 3.52. The predicted molar refractivity (Wildman–Crippen MR) is 96.4 cm³/mol. The van der Waals surface area contributed by atoms with Crippen LogP contribution in [0.15, 0.2) is 17.2 Å². The van der Waals surface area contributed by atoms with E-state index in [0.717, 1.165) is 25.0 Å². The standard InChI is InChI=1S/C16H23N3O4S/c1-20-13-7-6-11(14(21-2)15(13)22-3)9-18-19-16(24)17-10-12-5-4-8-23-12/h6-7,9,12H,4-5,8,10H2,1-3H3,(H2,17,19,24)/b18-9-/t12-/m1/s1. The number of rotatable bonds is 7. The molecule has 2 rings (SSSR count). The van der Waals surface area contributed by atoms with Crippen LogP contribution < -0.4 is 25.0 Å². The summed E-state index contributed by atoms with van der Waals surface area (Å²) in [6, 6.07) is 3.62. The lowest BCUT2D eigenvalue weighted by atomic mass is 10.2. The number of nitrogens with zero attached hydrogens (tertiary/aromatic N) is 1. The van der Waals surface area contributed by atoms with Crippen LogP contribution >= 0.6 is 12.2 Å². The lowest BCUT2D eigenvalue weighted by molar-refractivity contribution is 0.114. The molecule has 1 fully saturated rings. The lowest BCUT2D eigenvalue weighted by Gasteiger charge is -2.14. The van der Waals surface area contributed by atoms with Crippen LogP contribution in [-0.4, -0.2) is 51.9 Å². The van der Waals surface area contributed by atoms with Crippen molar-refractivity contribution in [2.45, 2.75) is 18.9 Å². The SMILES string of the molecule is COc1ccc(/C=N\NC(=S)NC[C@H]2CCCO2)c(OC)c1OC. The van der Waals surface area contributed by atoms with E-state index < -0.39 is 0 Å². The molecule has 1 heterocycles. The molecule has 0 aliphatic carbocycles. The van der Waals surface area contributed by atoms with Gasteiger partial charge in [0.25, 0.3) is 0 Å². The molecule has 0 unspecified atom stereocenters. The van der Waals surface area contributed by atoms with E-state index in [9.17, 15) is 0 Å². The molecule has 1 aromatic rings. The minimum Gasteiger partial charge on any atom is -0.493 e. The average molecular weight is 353 g/mol. The van der Waals surface area contributed by atoms with Crippen LogP contribution in [0.2, 0.25) is 0 Å². The van der Waals surface area contributed by atoms with Gasteiger partial charge in [0.05, 0.1) is 33.6 Å². The summed E-state index contributed by atoms with van der Waals surface area (Å²) in [6.45, 7) is 1.50. The van der Waals surface area contributed by atoms with Crippen molar-refractivity contribution in [1.29, 1.82) is 0 Å². The first kappa shape index (κ1) is 18.3. The fourth-order valence-electron chi connectivity index (χ4n) is 2.44. The van der Waals surface area contributed by atoms with E-state index in [1.807, 2.05) is 6.07 Å². The van der Waals surface area contributed by atoms with Crippen molar-refractivity contribution in [2.24, 2.45) is 5.10 Å². The van der Waals surface area contributed by atoms with Crippen LogP contribution in [0.3, 0.4) is 0 Å². The first-order valence-electron chi connectivity index (χ1n) is 7.67. The number of benzene rings is 1. The zero-order valence-corrected chi connectivity index (χ0v) is 14.9. The van der Waals surface area contributed by atoms with Crippen LogP contribution in [0.5, 0.6) is 17.2 Å². The van der Waals surface area contributed by atoms with Crippen molar-refractivity contribution in [2.75, 3.05) is 34.5 Å². The number of hydrazone groups is 1. The number of hydrogen-bond acceptors (Lipinski definition) is 6. The summed E-state index contributed by atoms with van der Waals surface area (Å²) in [6.07, 6.45) is 3.99. The smallest absolute Gasteiger partial charge is 0.203 e. The van der Waals surface area contributed by atoms with Crippen molar-refractivity contribution in [3.63, 3.8) is 0 Å². The highest BCUT2D eigenvalue weighted by molar-refractivity contribution is 7.80. The third-order valence-electron chi connectivity index (χ3n) is 3.62. The summed E-state index contributed by atoms with van der Waals surface area (Å²) >= 11 is 5.19. The maximum atomic E-state index is 5.52. The molecule has 0 radical (unpaired) electrons. The monoisotopic (exact) mass is 353 g/mol. The van der Waals surface area contributed by atoms with Gasteiger partial charge in [-0.2, -0.15) is 5.10 Å². The second-order valence-corrected chi connectivity index (χ2v) is 5.55. The molecule has 1 atom stereocenters. The normalized spacial score (nSPS) is 16.9. The Morgan fingerprint density at radius 3 is 2.71 bits per heavy atom. The number of methoxy groups -OCH3 is 3. The molecule has 1 aliphatic rings. The Balaban J connectivity index is 1.94. The third-order valence-corrected chi connectivity index (χ3v) is 3.85. The Hall–Kier alpha value is -2.06. The highest BCUT2D eigenvalue weighted by Gasteiger charge is 2.16. The number of hydrogen-bond donors (Lipinski definition) is 2. The molecule has 0 spiro atoms. The van der Waals surface area contributed by atoms with Gasteiger partial charge in [-0.05, 0) is 37.2 Å². The van der Waals surface area contributed by atoms with Crippen molar-refractivity contribution in [1.82, 2.24) is 10.7 Å². The highest BCUT2D eigenvalue weighted by atomic mass is 32.1. The first-order valence-corrected chi connectivity index (χ1v) is 8.08. The molecule has 0 bridgehead atoms. The van der Waals surface area contributed by atoms with Gasteiger partial charge in [-0.1, -0.05) is 0 Å². The average Bonchev–Trinajstić information content (AvgIpc) is 3.12. The molecule has 2 N–H and O–H groups in total. The predicted octanol–water partition coefficient (Wildman–Crippen LogP) is 1.69. The molecule has 0 amide bonds. The molecule has 0 saturated carbocycles. The minimum absolute atomic E-state index is 0.222. The van der Waals surface area contributed by atoms with Crippen molar-refractivity contribution < 1.29 is 18.9 Å². The van der Waals surface area contributed by atoms with Gasteiger partial charge >= 0.3 is 0 Å². The topological polar surface area (TPSA) is 73.3 Å². The van der Waals surface area contributed by atoms with Gasteiger partial charge in [0, 0.05) is 18.7 Å². The third kappa shape index (κ3) is 4.72. The molecule has 24 heavy (non-hydrogen) atoms. The van der Waals surface area contributed by atoms with Gasteiger partial charge in [0.15, 0.2) is 16.6 Å². The van der Waals surface area contributed by atoms with E-state index in [1.165, 1.54) is 0 Å². The lowest BCUT2D eigenvalue weighted by Crippen LogP contribution is -2.37. The first-order chi connectivity index (χ1) is 11.7. The van der Waals surface area contributed by atoms with Gasteiger partial charge in [-0.15, -0.1) is 0 Å². The maximum absolute atomic E-state index is 5.52. The fourth-order valence-corrected chi connectivity index (χ4v) is 2.57. The van der Waals surface area contributed by atoms with Crippen LogP contribution in [-0.2, 0) is 4.74 Å². The Kier molecular flexibility index (Phi) is 7.07. The van der Waals surface area contributed by atoms with Gasteiger partial charge < -0.3 is 24.3 Å². The minimum atomic E-state index is 0.222. The summed E-state index contributed by atoms with van der Waals surface area (Å²) in [7, 11) is 4.70.